The molecule has 7 nitrogen and oxygen atoms in total. The minimum Gasteiger partial charge on any atom is -0.348 e. The summed E-state index contributed by atoms with van der Waals surface area (Å²) in [5, 5.41) is 2.67. The van der Waals surface area contributed by atoms with Crippen molar-refractivity contribution in [1.29, 1.82) is 0 Å². The van der Waals surface area contributed by atoms with E-state index < -0.39 is 21.7 Å². The highest BCUT2D eigenvalue weighted by atomic mass is 32.2. The van der Waals surface area contributed by atoms with Gasteiger partial charge in [0.2, 0.25) is 0 Å². The van der Waals surface area contributed by atoms with Crippen LogP contribution in [0.2, 0.25) is 0 Å². The number of nitrogens with one attached hydrogen (secondary N) is 3. The summed E-state index contributed by atoms with van der Waals surface area (Å²) < 4.78 is 41.2. The Morgan fingerprint density at radius 1 is 1.03 bits per heavy atom. The van der Waals surface area contributed by atoms with Crippen LogP contribution in [0.15, 0.2) is 58.2 Å². The van der Waals surface area contributed by atoms with Crippen molar-refractivity contribution in [3.63, 3.8) is 0 Å². The molecule has 0 saturated carbocycles. The second-order valence-electron chi connectivity index (χ2n) is 7.22. The third kappa shape index (κ3) is 5.18. The molecule has 0 radical (unpaired) electrons. The number of carbonyl (C=O) groups excluding carboxylic acids is 1. The molecule has 9 heteroatoms. The molecule has 0 aliphatic heterocycles. The summed E-state index contributed by atoms with van der Waals surface area (Å²) in [6.07, 6.45) is 0. The number of amides is 1. The van der Waals surface area contributed by atoms with E-state index in [9.17, 15) is 22.4 Å². The van der Waals surface area contributed by atoms with E-state index in [1.54, 1.807) is 13.8 Å². The van der Waals surface area contributed by atoms with Gasteiger partial charge in [-0.3, -0.25) is 14.3 Å². The molecular weight excluding hydrogens is 421 g/mol. The zero-order valence-corrected chi connectivity index (χ0v) is 18.1. The van der Waals surface area contributed by atoms with Crippen molar-refractivity contribution in [2.75, 3.05) is 4.72 Å². The van der Waals surface area contributed by atoms with Crippen LogP contribution in [0.3, 0.4) is 0 Å². The number of halogens is 1. The Morgan fingerprint density at radius 3 is 2.45 bits per heavy atom. The van der Waals surface area contributed by atoms with Crippen LogP contribution in [0.25, 0.3) is 0 Å². The first-order chi connectivity index (χ1) is 14.6. The zero-order valence-electron chi connectivity index (χ0n) is 17.2. The van der Waals surface area contributed by atoms with Crippen LogP contribution in [0.5, 0.6) is 0 Å². The lowest BCUT2D eigenvalue weighted by atomic mass is 10.1. The molecule has 0 saturated heterocycles. The molecule has 0 fully saturated rings. The van der Waals surface area contributed by atoms with Crippen molar-refractivity contribution in [2.24, 2.45) is 0 Å². The van der Waals surface area contributed by atoms with Crippen molar-refractivity contribution in [2.45, 2.75) is 32.2 Å². The van der Waals surface area contributed by atoms with Crippen LogP contribution in [-0.4, -0.2) is 19.3 Å². The maximum Gasteiger partial charge on any atom is 0.261 e. The maximum absolute atomic E-state index is 13.8. The molecule has 0 spiro atoms. The van der Waals surface area contributed by atoms with Crippen LogP contribution in [0.1, 0.15) is 32.7 Å². The summed E-state index contributed by atoms with van der Waals surface area (Å²) in [4.78, 5) is 27.1. The van der Waals surface area contributed by atoms with Gasteiger partial charge in [0.05, 0.1) is 4.90 Å². The predicted octanol–water partition coefficient (Wildman–Crippen LogP) is 3.17. The zero-order chi connectivity index (χ0) is 22.8. The number of aryl methyl sites for hydroxylation is 3. The van der Waals surface area contributed by atoms with Crippen LogP contribution in [0.4, 0.5) is 10.1 Å². The van der Waals surface area contributed by atoms with Crippen LogP contribution in [0, 0.1) is 26.6 Å². The molecule has 2 aromatic carbocycles. The number of hydrogen-bond donors (Lipinski definition) is 3. The monoisotopic (exact) mass is 443 g/mol. The van der Waals surface area contributed by atoms with Gasteiger partial charge >= 0.3 is 0 Å². The summed E-state index contributed by atoms with van der Waals surface area (Å²) in [7, 11) is -4.03. The molecule has 0 unspecified atom stereocenters. The van der Waals surface area contributed by atoms with Gasteiger partial charge in [0, 0.05) is 29.1 Å². The molecule has 0 aliphatic carbocycles. The maximum atomic E-state index is 13.8. The molecule has 3 aromatic rings. The van der Waals surface area contributed by atoms with Gasteiger partial charge in [0.25, 0.3) is 21.5 Å². The molecule has 3 N–H and O–H groups in total. The Balaban J connectivity index is 1.76. The van der Waals surface area contributed by atoms with E-state index in [1.807, 2.05) is 6.07 Å². The number of H-pyrrole nitrogens is 1. The molecule has 0 atom stereocenters. The average molecular weight is 444 g/mol. The highest BCUT2D eigenvalue weighted by molar-refractivity contribution is 7.92. The normalized spacial score (nSPS) is 11.2. The number of benzene rings is 2. The van der Waals surface area contributed by atoms with Gasteiger partial charge in [0.1, 0.15) is 5.82 Å². The summed E-state index contributed by atoms with van der Waals surface area (Å²) in [5.74, 6) is -1.10. The second-order valence-corrected chi connectivity index (χ2v) is 8.91. The predicted molar refractivity (Wildman–Crippen MR) is 116 cm³/mol. The van der Waals surface area contributed by atoms with Crippen LogP contribution < -0.4 is 15.6 Å². The van der Waals surface area contributed by atoms with E-state index in [0.717, 1.165) is 17.3 Å². The standard InChI is InChI=1S/C22H22FN3O4S/c1-13-7-8-18(11-20(13)23)31(29,30)26-17-6-4-5-16(10-17)21(27)24-12-19-14(2)9-15(3)25-22(19)28/h4-11,26H,12H2,1-3H3,(H,24,27)(H,25,28). The first-order valence-electron chi connectivity index (χ1n) is 9.43. The topological polar surface area (TPSA) is 108 Å². The number of anilines is 1. The van der Waals surface area contributed by atoms with Crippen molar-refractivity contribution < 1.29 is 17.6 Å². The van der Waals surface area contributed by atoms with Crippen LogP contribution in [-0.2, 0) is 16.6 Å². The highest BCUT2D eigenvalue weighted by Crippen LogP contribution is 2.19. The number of carbonyl (C=O) groups is 1. The number of pyridine rings is 1. The quantitative estimate of drug-likeness (QED) is 0.544. The Hall–Kier alpha value is -3.46. The average Bonchev–Trinajstić information content (AvgIpc) is 2.68. The van der Waals surface area contributed by atoms with Crippen molar-refractivity contribution in [1.82, 2.24) is 10.3 Å². The summed E-state index contributed by atoms with van der Waals surface area (Å²) in [6, 6.07) is 11.3. The van der Waals surface area contributed by atoms with Gasteiger partial charge in [-0.1, -0.05) is 12.1 Å². The fraction of sp³-hybridized carbons (Fsp3) is 0.182. The number of hydrogen-bond acceptors (Lipinski definition) is 4. The van der Waals surface area contributed by atoms with Crippen molar-refractivity contribution >= 4 is 21.6 Å². The van der Waals surface area contributed by atoms with E-state index in [-0.39, 0.29) is 28.3 Å². The SMILES string of the molecule is Cc1cc(C)c(CNC(=O)c2cccc(NS(=O)(=O)c3ccc(C)c(F)c3)c2)c(=O)[nH]1. The highest BCUT2D eigenvalue weighted by Gasteiger charge is 2.17. The first kappa shape index (κ1) is 22.2. The molecule has 0 aliphatic rings. The van der Waals surface area contributed by atoms with E-state index >= 15 is 0 Å². The third-order valence-electron chi connectivity index (χ3n) is 4.75. The number of aromatic nitrogens is 1. The minimum absolute atomic E-state index is 0.0267. The molecule has 1 heterocycles. The Labute approximate surface area is 179 Å². The Kier molecular flexibility index (Phi) is 6.26. The first-order valence-corrected chi connectivity index (χ1v) is 10.9. The molecule has 0 bridgehead atoms. The molecule has 1 aromatic heterocycles. The molecule has 3 rings (SSSR count). The molecule has 1 amide bonds. The summed E-state index contributed by atoms with van der Waals surface area (Å²) in [6.45, 7) is 5.12. The lowest BCUT2D eigenvalue weighted by molar-refractivity contribution is 0.0950. The van der Waals surface area contributed by atoms with E-state index in [1.165, 1.54) is 43.3 Å². The smallest absolute Gasteiger partial charge is 0.261 e. The van der Waals surface area contributed by atoms with Crippen molar-refractivity contribution in [3.8, 4) is 0 Å². The molecule has 162 valence electrons. The largest absolute Gasteiger partial charge is 0.348 e. The van der Waals surface area contributed by atoms with Gasteiger partial charge in [-0.05, 0) is 68.3 Å². The Morgan fingerprint density at radius 2 is 1.77 bits per heavy atom. The van der Waals surface area contributed by atoms with Gasteiger partial charge < -0.3 is 10.3 Å². The van der Waals surface area contributed by atoms with Crippen molar-refractivity contribution in [3.05, 3.63) is 92.6 Å². The van der Waals surface area contributed by atoms with Gasteiger partial charge in [-0.2, -0.15) is 0 Å². The van der Waals surface area contributed by atoms with Gasteiger partial charge in [-0.25, -0.2) is 12.8 Å². The Bertz CT molecular complexity index is 1320. The lowest BCUT2D eigenvalue weighted by Gasteiger charge is -2.11. The van der Waals surface area contributed by atoms with Gasteiger partial charge in [-0.15, -0.1) is 0 Å². The fourth-order valence-electron chi connectivity index (χ4n) is 3.05. The fourth-order valence-corrected chi connectivity index (χ4v) is 4.11. The number of sulfonamides is 1. The van der Waals surface area contributed by atoms with Gasteiger partial charge in [0.15, 0.2) is 0 Å². The van der Waals surface area contributed by atoms with E-state index in [2.05, 4.69) is 15.0 Å². The number of aromatic amines is 1. The minimum atomic E-state index is -4.03. The second kappa shape index (κ2) is 8.73. The van der Waals surface area contributed by atoms with E-state index in [4.69, 9.17) is 0 Å². The van der Waals surface area contributed by atoms with Crippen LogP contribution >= 0.6 is 0 Å². The summed E-state index contributed by atoms with van der Waals surface area (Å²) in [5.41, 5.74) is 2.34. The lowest BCUT2D eigenvalue weighted by Crippen LogP contribution is -2.28. The molecular formula is C22H22FN3O4S. The molecule has 31 heavy (non-hydrogen) atoms. The van der Waals surface area contributed by atoms with E-state index in [0.29, 0.717) is 11.1 Å². The summed E-state index contributed by atoms with van der Waals surface area (Å²) >= 11 is 0. The third-order valence-corrected chi connectivity index (χ3v) is 6.13. The number of rotatable bonds is 6.